The van der Waals surface area contributed by atoms with Crippen LogP contribution in [0.5, 0.6) is 0 Å². The molecule has 7 nitrogen and oxygen atoms in total. The van der Waals surface area contributed by atoms with Crippen molar-refractivity contribution < 1.29 is 14.7 Å². The minimum atomic E-state index is -0.739. The maximum absolute atomic E-state index is 13.6. The Morgan fingerprint density at radius 1 is 1.20 bits per heavy atom. The number of aryl methyl sites for hydroxylation is 1. The molecule has 9 heteroatoms. The Labute approximate surface area is 218 Å². The molecule has 4 atom stereocenters. The monoisotopic (exact) mass is 518 g/mol. The standard InChI is InChI=1S/C26H38N4O3S2/c1-15(17-8-10-18(11-9-17)21-16(2)27-14-35-21)28-23(32)20-12-19(31)13-30(20)24(33)22(25(3,4)5)29-26(6,7)34/h8-11,14-15,19-20,22,29,31,34H,12-13H2,1-7H3,(H,28,32)/t15-,19+,20-,22+/m1/s1. The molecule has 0 bridgehead atoms. The summed E-state index contributed by atoms with van der Waals surface area (Å²) in [6.45, 7) is 13.7. The van der Waals surface area contributed by atoms with E-state index in [4.69, 9.17) is 0 Å². The highest BCUT2D eigenvalue weighted by atomic mass is 32.1. The molecule has 2 heterocycles. The number of β-amino-alcohol motifs (C(OH)–C–C–N with tert-alkyl or cyclic N) is 1. The van der Waals surface area contributed by atoms with E-state index in [1.807, 2.05) is 78.2 Å². The molecule has 1 fully saturated rings. The number of likely N-dealkylation sites (tertiary alicyclic amines) is 1. The van der Waals surface area contributed by atoms with Gasteiger partial charge in [-0.3, -0.25) is 14.9 Å². The fourth-order valence-corrected chi connectivity index (χ4v) is 5.31. The molecule has 0 spiro atoms. The number of aliphatic hydroxyl groups excluding tert-OH is 1. The summed E-state index contributed by atoms with van der Waals surface area (Å²) in [5.41, 5.74) is 4.49. The lowest BCUT2D eigenvalue weighted by molar-refractivity contribution is -0.142. The van der Waals surface area contributed by atoms with Crippen LogP contribution < -0.4 is 10.6 Å². The number of hydrogen-bond donors (Lipinski definition) is 4. The lowest BCUT2D eigenvalue weighted by Crippen LogP contribution is -2.59. The van der Waals surface area contributed by atoms with Gasteiger partial charge in [0.05, 0.1) is 39.1 Å². The smallest absolute Gasteiger partial charge is 0.243 e. The van der Waals surface area contributed by atoms with Crippen molar-refractivity contribution in [2.75, 3.05) is 6.54 Å². The number of rotatable bonds is 7. The van der Waals surface area contributed by atoms with Crippen LogP contribution in [-0.4, -0.2) is 56.4 Å². The summed E-state index contributed by atoms with van der Waals surface area (Å²) in [4.78, 5) is 33.3. The number of carbonyl (C=O) groups excluding carboxylic acids is 2. The van der Waals surface area contributed by atoms with Gasteiger partial charge in [-0.1, -0.05) is 45.0 Å². The van der Waals surface area contributed by atoms with Crippen LogP contribution >= 0.6 is 24.0 Å². The summed E-state index contributed by atoms with van der Waals surface area (Å²) in [5.74, 6) is -0.462. The molecule has 3 N–H and O–H groups in total. The Kier molecular flexibility index (Phi) is 8.36. The zero-order chi connectivity index (χ0) is 26.1. The predicted molar refractivity (Wildman–Crippen MR) is 144 cm³/mol. The second-order valence-corrected chi connectivity index (χ2v) is 13.0. The first-order valence-electron chi connectivity index (χ1n) is 12.0. The van der Waals surface area contributed by atoms with Crippen LogP contribution in [0.25, 0.3) is 10.4 Å². The molecule has 1 aromatic heterocycles. The quantitative estimate of drug-likeness (QED) is 0.329. The van der Waals surface area contributed by atoms with Gasteiger partial charge in [0.25, 0.3) is 0 Å². The van der Waals surface area contributed by atoms with E-state index in [0.717, 1.165) is 21.7 Å². The average molecular weight is 519 g/mol. The second-order valence-electron chi connectivity index (χ2n) is 11.0. The molecule has 1 aromatic carbocycles. The maximum Gasteiger partial charge on any atom is 0.243 e. The number of nitrogens with one attached hydrogen (secondary N) is 2. The zero-order valence-electron chi connectivity index (χ0n) is 21.6. The molecule has 0 unspecified atom stereocenters. The van der Waals surface area contributed by atoms with Gasteiger partial charge in [0.15, 0.2) is 0 Å². The van der Waals surface area contributed by atoms with Gasteiger partial charge >= 0.3 is 0 Å². The molecule has 3 rings (SSSR count). The summed E-state index contributed by atoms with van der Waals surface area (Å²) in [6.07, 6.45) is -0.522. The van der Waals surface area contributed by atoms with Crippen molar-refractivity contribution in [3.8, 4) is 10.4 Å². The zero-order valence-corrected chi connectivity index (χ0v) is 23.3. The molecule has 2 amide bonds. The van der Waals surface area contributed by atoms with Crippen LogP contribution in [0.2, 0.25) is 0 Å². The number of aromatic nitrogens is 1. The molecule has 1 aliphatic heterocycles. The molecule has 0 aliphatic carbocycles. The molecule has 0 saturated carbocycles. The van der Waals surface area contributed by atoms with Gasteiger partial charge < -0.3 is 15.3 Å². The summed E-state index contributed by atoms with van der Waals surface area (Å²) in [6, 6.07) is 6.53. The summed E-state index contributed by atoms with van der Waals surface area (Å²) in [5, 5.41) is 16.7. The number of hydrogen-bond acceptors (Lipinski definition) is 7. The minimum Gasteiger partial charge on any atom is -0.391 e. The number of amides is 2. The van der Waals surface area contributed by atoms with Crippen LogP contribution in [0.3, 0.4) is 0 Å². The van der Waals surface area contributed by atoms with Crippen LogP contribution in [0.1, 0.15) is 65.3 Å². The van der Waals surface area contributed by atoms with Crippen molar-refractivity contribution in [1.82, 2.24) is 20.5 Å². The van der Waals surface area contributed by atoms with Crippen LogP contribution in [0.15, 0.2) is 29.8 Å². The fourth-order valence-electron chi connectivity index (χ4n) is 4.37. The van der Waals surface area contributed by atoms with Crippen LogP contribution in [-0.2, 0) is 9.59 Å². The van der Waals surface area contributed by atoms with Gasteiger partial charge in [0.2, 0.25) is 11.8 Å². The molecule has 1 aliphatic rings. The topological polar surface area (TPSA) is 94.6 Å². The Morgan fingerprint density at radius 3 is 2.34 bits per heavy atom. The average Bonchev–Trinajstić information content (AvgIpc) is 3.35. The highest BCUT2D eigenvalue weighted by molar-refractivity contribution is 7.81. The minimum absolute atomic E-state index is 0.134. The summed E-state index contributed by atoms with van der Waals surface area (Å²) in [7, 11) is 0. The highest BCUT2D eigenvalue weighted by Gasteiger charge is 2.45. The molecule has 2 aromatic rings. The van der Waals surface area contributed by atoms with E-state index in [2.05, 4.69) is 28.2 Å². The van der Waals surface area contributed by atoms with Crippen molar-refractivity contribution in [2.24, 2.45) is 5.41 Å². The van der Waals surface area contributed by atoms with E-state index in [0.29, 0.717) is 0 Å². The third-order valence-corrected chi connectivity index (χ3v) is 7.36. The van der Waals surface area contributed by atoms with Gasteiger partial charge in [0.1, 0.15) is 6.04 Å². The molecular weight excluding hydrogens is 480 g/mol. The lowest BCUT2D eigenvalue weighted by Gasteiger charge is -2.39. The normalized spacial score (nSPS) is 20.5. The first kappa shape index (κ1) is 27.6. The fraction of sp³-hybridized carbons (Fsp3) is 0.577. The van der Waals surface area contributed by atoms with E-state index < -0.39 is 28.5 Å². The largest absolute Gasteiger partial charge is 0.391 e. The third kappa shape index (κ3) is 6.84. The number of thiazole rings is 1. The van der Waals surface area contributed by atoms with Crippen molar-refractivity contribution in [3.63, 3.8) is 0 Å². The van der Waals surface area contributed by atoms with Gasteiger partial charge in [-0.2, -0.15) is 12.6 Å². The summed E-state index contributed by atoms with van der Waals surface area (Å²) < 4.78 is 0. The molecule has 35 heavy (non-hydrogen) atoms. The Balaban J connectivity index is 1.73. The Bertz CT molecular complexity index is 1040. The molecular formula is C26H38N4O3S2. The molecule has 192 valence electrons. The first-order chi connectivity index (χ1) is 16.2. The van der Waals surface area contributed by atoms with Gasteiger partial charge in [-0.15, -0.1) is 11.3 Å². The molecule has 1 saturated heterocycles. The van der Waals surface area contributed by atoms with E-state index in [1.54, 1.807) is 11.3 Å². The van der Waals surface area contributed by atoms with Crippen molar-refractivity contribution >= 4 is 35.8 Å². The second kappa shape index (κ2) is 10.6. The number of benzene rings is 1. The lowest BCUT2D eigenvalue weighted by atomic mass is 9.85. The van der Waals surface area contributed by atoms with Gasteiger partial charge in [-0.25, -0.2) is 4.98 Å². The van der Waals surface area contributed by atoms with Crippen LogP contribution in [0, 0.1) is 12.3 Å². The van der Waals surface area contributed by atoms with E-state index >= 15 is 0 Å². The third-order valence-electron chi connectivity index (χ3n) is 6.25. The Morgan fingerprint density at radius 2 is 1.83 bits per heavy atom. The van der Waals surface area contributed by atoms with E-state index in [-0.39, 0.29) is 30.8 Å². The number of nitrogens with zero attached hydrogens (tertiary/aromatic N) is 2. The number of carbonyl (C=O) groups is 2. The SMILES string of the molecule is Cc1ncsc1-c1ccc([C@@H](C)NC(=O)[C@H]2C[C@H](O)CN2C(=O)[C@H](NC(C)(C)S)C(C)(C)C)cc1. The molecule has 0 radical (unpaired) electrons. The van der Waals surface area contributed by atoms with Gasteiger partial charge in [0, 0.05) is 13.0 Å². The van der Waals surface area contributed by atoms with Crippen molar-refractivity contribution in [1.29, 1.82) is 0 Å². The van der Waals surface area contributed by atoms with E-state index in [1.165, 1.54) is 4.90 Å². The predicted octanol–water partition coefficient (Wildman–Crippen LogP) is 3.93. The maximum atomic E-state index is 13.6. The Hall–Kier alpha value is -1.94. The van der Waals surface area contributed by atoms with Gasteiger partial charge in [-0.05, 0) is 44.2 Å². The number of thiol groups is 1. The van der Waals surface area contributed by atoms with Crippen LogP contribution in [0.4, 0.5) is 0 Å². The number of aliphatic hydroxyl groups is 1. The summed E-state index contributed by atoms with van der Waals surface area (Å²) >= 11 is 6.15. The van der Waals surface area contributed by atoms with Crippen molar-refractivity contribution in [3.05, 3.63) is 41.0 Å². The van der Waals surface area contributed by atoms with E-state index in [9.17, 15) is 14.7 Å². The highest BCUT2D eigenvalue weighted by Crippen LogP contribution is 2.30. The first-order valence-corrected chi connectivity index (χ1v) is 13.3. The van der Waals surface area contributed by atoms with Crippen molar-refractivity contribution in [2.45, 2.75) is 84.0 Å².